The van der Waals surface area contributed by atoms with Crippen LogP contribution in [0.5, 0.6) is 0 Å². The van der Waals surface area contributed by atoms with Crippen molar-refractivity contribution in [2.45, 2.75) is 45.1 Å². The summed E-state index contributed by atoms with van der Waals surface area (Å²) in [7, 11) is 0. The first-order valence-corrected chi connectivity index (χ1v) is 9.33. The number of carbonyl (C=O) groups excluding carboxylic acids is 2. The van der Waals surface area contributed by atoms with Gasteiger partial charge in [-0.1, -0.05) is 19.3 Å². The standard InChI is InChI=1S/C20H24N4O3/c1-2-27-19(26)14-8-10-17(11-9-14)23-18(25)15-12-21-20(22-13-15)24-16-6-4-3-5-7-16/h8-13,16H,2-7H2,1H3,(H,23,25)(H,21,22,24). The molecule has 1 aliphatic rings. The van der Waals surface area contributed by atoms with Crippen LogP contribution in [0, 0.1) is 0 Å². The Morgan fingerprint density at radius 1 is 1.04 bits per heavy atom. The summed E-state index contributed by atoms with van der Waals surface area (Å²) in [5.74, 6) is -0.134. The number of rotatable bonds is 6. The Morgan fingerprint density at radius 3 is 2.33 bits per heavy atom. The molecule has 0 atom stereocenters. The zero-order valence-corrected chi connectivity index (χ0v) is 15.4. The van der Waals surface area contributed by atoms with Crippen LogP contribution in [-0.4, -0.2) is 34.5 Å². The van der Waals surface area contributed by atoms with Gasteiger partial charge in [-0.15, -0.1) is 0 Å². The smallest absolute Gasteiger partial charge is 0.338 e. The molecule has 7 nitrogen and oxygen atoms in total. The lowest BCUT2D eigenvalue weighted by atomic mass is 9.96. The van der Waals surface area contributed by atoms with Crippen LogP contribution in [0.4, 0.5) is 11.6 Å². The molecule has 2 aromatic rings. The van der Waals surface area contributed by atoms with Crippen molar-refractivity contribution >= 4 is 23.5 Å². The molecule has 1 fully saturated rings. The lowest BCUT2D eigenvalue weighted by Gasteiger charge is -2.22. The van der Waals surface area contributed by atoms with Gasteiger partial charge in [0.1, 0.15) is 0 Å². The van der Waals surface area contributed by atoms with Gasteiger partial charge in [-0.2, -0.15) is 0 Å². The lowest BCUT2D eigenvalue weighted by Crippen LogP contribution is -2.23. The first-order valence-electron chi connectivity index (χ1n) is 9.33. The zero-order chi connectivity index (χ0) is 19.1. The monoisotopic (exact) mass is 368 g/mol. The Hall–Kier alpha value is -2.96. The van der Waals surface area contributed by atoms with E-state index in [1.165, 1.54) is 31.7 Å². The van der Waals surface area contributed by atoms with Gasteiger partial charge >= 0.3 is 5.97 Å². The summed E-state index contributed by atoms with van der Waals surface area (Å²) in [6.07, 6.45) is 9.04. The number of ether oxygens (including phenoxy) is 1. The highest BCUT2D eigenvalue weighted by Gasteiger charge is 2.15. The maximum absolute atomic E-state index is 12.3. The van der Waals surface area contributed by atoms with Gasteiger partial charge in [0, 0.05) is 24.1 Å². The van der Waals surface area contributed by atoms with Crippen molar-refractivity contribution in [1.29, 1.82) is 0 Å². The number of hydrogen-bond acceptors (Lipinski definition) is 6. The third-order valence-corrected chi connectivity index (χ3v) is 4.51. The van der Waals surface area contributed by atoms with Crippen LogP contribution in [0.3, 0.4) is 0 Å². The maximum Gasteiger partial charge on any atom is 0.338 e. The van der Waals surface area contributed by atoms with Crippen LogP contribution < -0.4 is 10.6 Å². The van der Waals surface area contributed by atoms with E-state index in [0.29, 0.717) is 35.4 Å². The number of nitrogens with zero attached hydrogens (tertiary/aromatic N) is 2. The van der Waals surface area contributed by atoms with E-state index in [4.69, 9.17) is 4.74 Å². The van der Waals surface area contributed by atoms with E-state index >= 15 is 0 Å². The summed E-state index contributed by atoms with van der Waals surface area (Å²) in [6.45, 7) is 2.08. The molecule has 0 spiro atoms. The second-order valence-corrected chi connectivity index (χ2v) is 6.53. The maximum atomic E-state index is 12.3. The van der Waals surface area contributed by atoms with Crippen molar-refractivity contribution in [2.24, 2.45) is 0 Å². The molecule has 27 heavy (non-hydrogen) atoms. The molecular formula is C20H24N4O3. The molecule has 1 aromatic carbocycles. The number of esters is 1. The fraction of sp³-hybridized carbons (Fsp3) is 0.400. The van der Waals surface area contributed by atoms with Gasteiger partial charge in [0.15, 0.2) is 0 Å². The van der Waals surface area contributed by atoms with E-state index in [9.17, 15) is 9.59 Å². The van der Waals surface area contributed by atoms with Crippen LogP contribution in [0.15, 0.2) is 36.7 Å². The number of amides is 1. The molecule has 142 valence electrons. The highest BCUT2D eigenvalue weighted by molar-refractivity contribution is 6.04. The summed E-state index contributed by atoms with van der Waals surface area (Å²) >= 11 is 0. The summed E-state index contributed by atoms with van der Waals surface area (Å²) < 4.78 is 4.94. The Morgan fingerprint density at radius 2 is 1.70 bits per heavy atom. The van der Waals surface area contributed by atoms with Crippen molar-refractivity contribution < 1.29 is 14.3 Å². The van der Waals surface area contributed by atoms with E-state index in [0.717, 1.165) is 12.8 Å². The number of hydrogen-bond donors (Lipinski definition) is 2. The minimum Gasteiger partial charge on any atom is -0.462 e. The third kappa shape index (κ3) is 5.26. The van der Waals surface area contributed by atoms with Gasteiger partial charge in [0.05, 0.1) is 17.7 Å². The fourth-order valence-corrected chi connectivity index (χ4v) is 3.06. The number of nitrogens with one attached hydrogen (secondary N) is 2. The predicted octanol–water partition coefficient (Wildman–Crippen LogP) is 3.65. The molecule has 7 heteroatoms. The first kappa shape index (κ1) is 18.8. The summed E-state index contributed by atoms with van der Waals surface area (Å²) in [5, 5.41) is 6.09. The molecule has 0 unspecified atom stereocenters. The Bertz CT molecular complexity index is 769. The van der Waals surface area contributed by atoms with Gasteiger partial charge in [-0.05, 0) is 44.0 Å². The van der Waals surface area contributed by atoms with Crippen LogP contribution in [0.25, 0.3) is 0 Å². The van der Waals surface area contributed by atoms with Gasteiger partial charge in [0.25, 0.3) is 5.91 Å². The largest absolute Gasteiger partial charge is 0.462 e. The van der Waals surface area contributed by atoms with E-state index in [2.05, 4.69) is 20.6 Å². The highest BCUT2D eigenvalue weighted by atomic mass is 16.5. The molecule has 3 rings (SSSR count). The highest BCUT2D eigenvalue weighted by Crippen LogP contribution is 2.20. The van der Waals surface area contributed by atoms with Gasteiger partial charge in [0.2, 0.25) is 5.95 Å². The minimum atomic E-state index is -0.384. The van der Waals surface area contributed by atoms with Crippen molar-refractivity contribution in [3.63, 3.8) is 0 Å². The van der Waals surface area contributed by atoms with Crippen LogP contribution >= 0.6 is 0 Å². The summed E-state index contributed by atoms with van der Waals surface area (Å²) in [4.78, 5) is 32.5. The average molecular weight is 368 g/mol. The quantitative estimate of drug-likeness (QED) is 0.756. The molecule has 2 N–H and O–H groups in total. The van der Waals surface area contributed by atoms with Gasteiger partial charge < -0.3 is 15.4 Å². The minimum absolute atomic E-state index is 0.303. The zero-order valence-electron chi connectivity index (χ0n) is 15.4. The van der Waals surface area contributed by atoms with E-state index in [1.54, 1.807) is 31.2 Å². The third-order valence-electron chi connectivity index (χ3n) is 4.51. The van der Waals surface area contributed by atoms with Crippen molar-refractivity contribution in [3.05, 3.63) is 47.8 Å². The Kier molecular flexibility index (Phi) is 6.35. The molecule has 1 aromatic heterocycles. The molecule has 0 aliphatic heterocycles. The average Bonchev–Trinajstić information content (AvgIpc) is 2.70. The SMILES string of the molecule is CCOC(=O)c1ccc(NC(=O)c2cnc(NC3CCCCC3)nc2)cc1. The van der Waals surface area contributed by atoms with E-state index in [-0.39, 0.29) is 11.9 Å². The van der Waals surface area contributed by atoms with Crippen molar-refractivity contribution in [3.8, 4) is 0 Å². The van der Waals surface area contributed by atoms with Gasteiger partial charge in [-0.3, -0.25) is 4.79 Å². The number of benzene rings is 1. The summed E-state index contributed by atoms with van der Waals surface area (Å²) in [5.41, 5.74) is 1.40. The van der Waals surface area contributed by atoms with Crippen molar-refractivity contribution in [2.75, 3.05) is 17.2 Å². The Labute approximate surface area is 158 Å². The first-order chi connectivity index (χ1) is 13.2. The van der Waals surface area contributed by atoms with Gasteiger partial charge in [-0.25, -0.2) is 14.8 Å². The molecule has 1 amide bonds. The van der Waals surface area contributed by atoms with Crippen LogP contribution in [0.2, 0.25) is 0 Å². The van der Waals surface area contributed by atoms with Crippen molar-refractivity contribution in [1.82, 2.24) is 9.97 Å². The molecule has 1 aliphatic carbocycles. The molecule has 0 saturated heterocycles. The second-order valence-electron chi connectivity index (χ2n) is 6.53. The topological polar surface area (TPSA) is 93.2 Å². The molecular weight excluding hydrogens is 344 g/mol. The normalized spacial score (nSPS) is 14.4. The Balaban J connectivity index is 1.56. The predicted molar refractivity (Wildman–Crippen MR) is 103 cm³/mol. The fourth-order valence-electron chi connectivity index (χ4n) is 3.06. The second kappa shape index (κ2) is 9.12. The number of aromatic nitrogens is 2. The number of carbonyl (C=O) groups is 2. The summed E-state index contributed by atoms with van der Waals surface area (Å²) in [6, 6.07) is 6.95. The molecule has 0 bridgehead atoms. The van der Waals surface area contributed by atoms with Crippen LogP contribution in [0.1, 0.15) is 59.7 Å². The molecule has 1 heterocycles. The van der Waals surface area contributed by atoms with E-state index < -0.39 is 0 Å². The van der Waals surface area contributed by atoms with E-state index in [1.807, 2.05) is 0 Å². The number of anilines is 2. The van der Waals surface area contributed by atoms with Crippen LogP contribution in [-0.2, 0) is 4.74 Å². The molecule has 0 radical (unpaired) electrons. The molecule has 1 saturated carbocycles. The lowest BCUT2D eigenvalue weighted by molar-refractivity contribution is 0.0526.